The fourth-order valence-electron chi connectivity index (χ4n) is 2.86. The van der Waals surface area contributed by atoms with Crippen LogP contribution in [0.1, 0.15) is 37.0 Å². The Bertz CT molecular complexity index is 1020. The van der Waals surface area contributed by atoms with Crippen LogP contribution in [0.2, 0.25) is 0 Å². The number of hydrogen-bond donors (Lipinski definition) is 3. The standard InChI is InChI=1S/C21H29N7O3/c1-13(2)10-16(21(23-4)31-9-8-30-5)26-17-11-18(22-3)28-19(27-17)15(12-24-28)20(29)25-14-6-7-14/h10-12,14,22H,4,6-9H2,1-3,5H3,(H,25,29)(H,26,27)/b21-16-. The summed E-state index contributed by atoms with van der Waals surface area (Å²) in [5.41, 5.74) is 2.48. The van der Waals surface area contributed by atoms with Gasteiger partial charge in [0, 0.05) is 26.3 Å². The predicted octanol–water partition coefficient (Wildman–Crippen LogP) is 2.57. The average Bonchev–Trinajstić information content (AvgIpc) is 3.45. The van der Waals surface area contributed by atoms with Crippen molar-refractivity contribution >= 4 is 29.9 Å². The van der Waals surface area contributed by atoms with E-state index < -0.39 is 0 Å². The molecule has 0 aliphatic heterocycles. The van der Waals surface area contributed by atoms with Crippen LogP contribution < -0.4 is 16.0 Å². The predicted molar refractivity (Wildman–Crippen MR) is 120 cm³/mol. The summed E-state index contributed by atoms with van der Waals surface area (Å²) in [7, 11) is 3.38. The van der Waals surface area contributed by atoms with Gasteiger partial charge >= 0.3 is 0 Å². The minimum Gasteiger partial charge on any atom is -0.474 e. The Kier molecular flexibility index (Phi) is 7.24. The zero-order valence-electron chi connectivity index (χ0n) is 18.4. The SMILES string of the molecule is C=N/C(OCCOC)=C(\C=C(C)C)Nc1cc(NC)n2ncc(C(=O)NC3CC3)c2n1. The van der Waals surface area contributed by atoms with Gasteiger partial charge in [-0.25, -0.2) is 9.98 Å². The van der Waals surface area contributed by atoms with Crippen molar-refractivity contribution in [3.63, 3.8) is 0 Å². The van der Waals surface area contributed by atoms with Crippen molar-refractivity contribution in [3.8, 4) is 0 Å². The second-order valence-corrected chi connectivity index (χ2v) is 7.38. The third-order valence-electron chi connectivity index (χ3n) is 4.48. The molecule has 0 aromatic carbocycles. The maximum absolute atomic E-state index is 12.6. The Morgan fingerprint density at radius 2 is 2.16 bits per heavy atom. The van der Waals surface area contributed by atoms with Crippen LogP contribution >= 0.6 is 0 Å². The van der Waals surface area contributed by atoms with Gasteiger partial charge in [-0.05, 0) is 39.5 Å². The maximum atomic E-state index is 12.6. The highest BCUT2D eigenvalue weighted by molar-refractivity contribution is 6.00. The first kappa shape index (κ1) is 22.3. The van der Waals surface area contributed by atoms with Gasteiger partial charge in [-0.1, -0.05) is 5.57 Å². The van der Waals surface area contributed by atoms with Gasteiger partial charge in [-0.3, -0.25) is 4.79 Å². The topological polar surface area (TPSA) is 114 Å². The van der Waals surface area contributed by atoms with E-state index in [-0.39, 0.29) is 11.9 Å². The molecule has 2 heterocycles. The molecule has 0 unspecified atom stereocenters. The first-order chi connectivity index (χ1) is 15.0. The molecule has 2 aromatic rings. The van der Waals surface area contributed by atoms with E-state index in [1.807, 2.05) is 19.9 Å². The molecule has 2 aromatic heterocycles. The molecular formula is C21H29N7O3. The molecule has 0 radical (unpaired) electrons. The molecule has 0 bridgehead atoms. The molecule has 1 amide bonds. The molecule has 1 fully saturated rings. The number of rotatable bonds is 11. The molecule has 0 saturated heterocycles. The first-order valence-electron chi connectivity index (χ1n) is 10.1. The van der Waals surface area contributed by atoms with Gasteiger partial charge in [-0.15, -0.1) is 0 Å². The molecule has 1 aliphatic carbocycles. The summed E-state index contributed by atoms with van der Waals surface area (Å²) in [6.45, 7) is 8.29. The van der Waals surface area contributed by atoms with E-state index in [1.165, 1.54) is 6.20 Å². The van der Waals surface area contributed by atoms with E-state index in [9.17, 15) is 4.79 Å². The number of carbonyl (C=O) groups excluding carboxylic acids is 1. The number of methoxy groups -OCH3 is 1. The molecule has 0 spiro atoms. The van der Waals surface area contributed by atoms with Gasteiger partial charge in [0.2, 0.25) is 5.88 Å². The van der Waals surface area contributed by atoms with Crippen LogP contribution in [0.3, 0.4) is 0 Å². The van der Waals surface area contributed by atoms with Gasteiger partial charge in [0.25, 0.3) is 5.91 Å². The average molecular weight is 428 g/mol. The van der Waals surface area contributed by atoms with Crippen molar-refractivity contribution in [1.82, 2.24) is 19.9 Å². The van der Waals surface area contributed by atoms with Crippen LogP contribution in [0.4, 0.5) is 11.6 Å². The van der Waals surface area contributed by atoms with Crippen LogP contribution in [0, 0.1) is 0 Å². The number of fused-ring (bicyclic) bond motifs is 1. The van der Waals surface area contributed by atoms with Gasteiger partial charge in [0.05, 0.1) is 12.8 Å². The van der Waals surface area contributed by atoms with E-state index in [1.54, 1.807) is 24.7 Å². The number of carbonyl (C=O) groups is 1. The summed E-state index contributed by atoms with van der Waals surface area (Å²) in [4.78, 5) is 21.3. The van der Waals surface area contributed by atoms with E-state index in [4.69, 9.17) is 9.47 Å². The van der Waals surface area contributed by atoms with Crippen LogP contribution in [0.5, 0.6) is 0 Å². The van der Waals surface area contributed by atoms with Gasteiger partial charge in [0.15, 0.2) is 5.65 Å². The molecular weight excluding hydrogens is 398 g/mol. The van der Waals surface area contributed by atoms with Crippen LogP contribution in [-0.4, -0.2) is 60.6 Å². The van der Waals surface area contributed by atoms with Gasteiger partial charge in [-0.2, -0.15) is 9.61 Å². The van der Waals surface area contributed by atoms with E-state index in [0.29, 0.717) is 47.6 Å². The fraction of sp³-hybridized carbons (Fsp3) is 0.429. The second kappa shape index (κ2) is 10.1. The van der Waals surface area contributed by atoms with Crippen molar-refractivity contribution < 1.29 is 14.3 Å². The Balaban J connectivity index is 1.99. The van der Waals surface area contributed by atoms with Gasteiger partial charge in [0.1, 0.15) is 29.5 Å². The molecule has 166 valence electrons. The number of ether oxygens (including phenoxy) is 2. The molecule has 10 heteroatoms. The molecule has 10 nitrogen and oxygen atoms in total. The number of aromatic nitrogens is 3. The third-order valence-corrected chi connectivity index (χ3v) is 4.48. The lowest BCUT2D eigenvalue weighted by Gasteiger charge is -2.14. The fourth-order valence-corrected chi connectivity index (χ4v) is 2.86. The highest BCUT2D eigenvalue weighted by atomic mass is 16.5. The Hall–Kier alpha value is -3.40. The van der Waals surface area contributed by atoms with Crippen molar-refractivity contribution in [3.05, 3.63) is 41.1 Å². The van der Waals surface area contributed by atoms with Crippen LogP contribution in [-0.2, 0) is 9.47 Å². The number of anilines is 2. The lowest BCUT2D eigenvalue weighted by atomic mass is 10.2. The number of allylic oxidation sites excluding steroid dienone is 2. The number of nitrogens with one attached hydrogen (secondary N) is 3. The number of aliphatic imine (C=N–C) groups is 1. The quantitative estimate of drug-likeness (QED) is 0.219. The van der Waals surface area contributed by atoms with Crippen LogP contribution in [0.25, 0.3) is 5.65 Å². The van der Waals surface area contributed by atoms with Gasteiger partial charge < -0.3 is 25.4 Å². The summed E-state index contributed by atoms with van der Waals surface area (Å²) >= 11 is 0. The molecule has 31 heavy (non-hydrogen) atoms. The maximum Gasteiger partial charge on any atom is 0.256 e. The smallest absolute Gasteiger partial charge is 0.256 e. The molecule has 3 rings (SSSR count). The van der Waals surface area contributed by atoms with Crippen molar-refractivity contribution in [2.24, 2.45) is 4.99 Å². The first-order valence-corrected chi connectivity index (χ1v) is 10.1. The lowest BCUT2D eigenvalue weighted by molar-refractivity contribution is 0.0952. The molecule has 1 aliphatic rings. The second-order valence-electron chi connectivity index (χ2n) is 7.38. The highest BCUT2D eigenvalue weighted by Gasteiger charge is 2.26. The normalized spacial score (nSPS) is 13.9. The minimum absolute atomic E-state index is 0.180. The van der Waals surface area contributed by atoms with Crippen molar-refractivity contribution in [1.29, 1.82) is 0 Å². The van der Waals surface area contributed by atoms with Crippen LogP contribution in [0.15, 0.2) is 40.5 Å². The monoisotopic (exact) mass is 427 g/mol. The number of amides is 1. The Labute approximate surface area is 181 Å². The Morgan fingerprint density at radius 1 is 1.39 bits per heavy atom. The lowest BCUT2D eigenvalue weighted by Crippen LogP contribution is -2.25. The highest BCUT2D eigenvalue weighted by Crippen LogP contribution is 2.23. The van der Waals surface area contributed by atoms with E-state index in [2.05, 4.69) is 37.7 Å². The largest absolute Gasteiger partial charge is 0.474 e. The van der Waals surface area contributed by atoms with Crippen molar-refractivity contribution in [2.75, 3.05) is 38.0 Å². The van der Waals surface area contributed by atoms with E-state index >= 15 is 0 Å². The van der Waals surface area contributed by atoms with E-state index in [0.717, 1.165) is 18.4 Å². The zero-order chi connectivity index (χ0) is 22.4. The summed E-state index contributed by atoms with van der Waals surface area (Å²) < 4.78 is 12.3. The number of hydrogen-bond acceptors (Lipinski definition) is 8. The number of nitrogens with zero attached hydrogens (tertiary/aromatic N) is 4. The molecule has 0 atom stereocenters. The van der Waals surface area contributed by atoms with Crippen molar-refractivity contribution in [2.45, 2.75) is 32.7 Å². The summed E-state index contributed by atoms with van der Waals surface area (Å²) in [6, 6.07) is 2.03. The summed E-state index contributed by atoms with van der Waals surface area (Å²) in [5, 5.41) is 13.6. The third kappa shape index (κ3) is 5.60. The Morgan fingerprint density at radius 3 is 2.77 bits per heavy atom. The summed E-state index contributed by atoms with van der Waals surface area (Å²) in [6.07, 6.45) is 5.43. The summed E-state index contributed by atoms with van der Waals surface area (Å²) in [5.74, 6) is 1.32. The minimum atomic E-state index is -0.180. The zero-order valence-corrected chi connectivity index (χ0v) is 18.4. The molecule has 3 N–H and O–H groups in total. The molecule has 1 saturated carbocycles.